The van der Waals surface area contributed by atoms with Crippen LogP contribution in [0.3, 0.4) is 0 Å². The molecular weight excluding hydrogens is 234 g/mol. The van der Waals surface area contributed by atoms with Gasteiger partial charge in [0, 0.05) is 45.8 Å². The van der Waals surface area contributed by atoms with Gasteiger partial charge in [0.2, 0.25) is 5.91 Å². The zero-order chi connectivity index (χ0) is 13.0. The molecule has 6 nitrogen and oxygen atoms in total. The van der Waals surface area contributed by atoms with E-state index in [4.69, 9.17) is 4.74 Å². The molecule has 1 amide bonds. The molecule has 2 N–H and O–H groups in total. The van der Waals surface area contributed by atoms with Gasteiger partial charge in [-0.3, -0.25) is 4.79 Å². The van der Waals surface area contributed by atoms with E-state index in [0.29, 0.717) is 32.7 Å². The van der Waals surface area contributed by atoms with Crippen molar-refractivity contribution in [1.82, 2.24) is 15.1 Å². The molecule has 2 aliphatic heterocycles. The molecule has 6 heteroatoms. The monoisotopic (exact) mass is 257 g/mol. The van der Waals surface area contributed by atoms with Crippen LogP contribution in [-0.4, -0.2) is 85.9 Å². The smallest absolute Gasteiger partial charge is 0.236 e. The third-order valence-corrected chi connectivity index (χ3v) is 3.67. The molecule has 0 saturated carbocycles. The Morgan fingerprint density at radius 1 is 1.39 bits per heavy atom. The molecule has 0 aromatic heterocycles. The standard InChI is InChI=1S/C12H23N3O3/c1-14-3-5-15(6-4-14)11(16)8-13-9-12(17)2-7-18-10-12/h13,17H,2-10H2,1H3. The number of nitrogens with zero attached hydrogens (tertiary/aromatic N) is 2. The Balaban J connectivity index is 1.65. The maximum Gasteiger partial charge on any atom is 0.236 e. The Hall–Kier alpha value is -0.690. The summed E-state index contributed by atoms with van der Waals surface area (Å²) in [6.45, 7) is 5.15. The van der Waals surface area contributed by atoms with Crippen molar-refractivity contribution in [3.63, 3.8) is 0 Å². The Morgan fingerprint density at radius 3 is 2.72 bits per heavy atom. The highest BCUT2D eigenvalue weighted by Crippen LogP contribution is 2.16. The molecule has 2 fully saturated rings. The number of hydrogen-bond acceptors (Lipinski definition) is 5. The second kappa shape index (κ2) is 5.97. The van der Waals surface area contributed by atoms with Gasteiger partial charge in [0.25, 0.3) is 0 Å². The highest BCUT2D eigenvalue weighted by Gasteiger charge is 2.32. The fraction of sp³-hybridized carbons (Fsp3) is 0.917. The number of carbonyl (C=O) groups excluding carboxylic acids is 1. The lowest BCUT2D eigenvalue weighted by Crippen LogP contribution is -2.51. The maximum atomic E-state index is 11.9. The van der Waals surface area contributed by atoms with Crippen molar-refractivity contribution in [1.29, 1.82) is 0 Å². The zero-order valence-corrected chi connectivity index (χ0v) is 11.0. The van der Waals surface area contributed by atoms with Crippen molar-refractivity contribution in [3.8, 4) is 0 Å². The quantitative estimate of drug-likeness (QED) is 0.642. The van der Waals surface area contributed by atoms with Crippen molar-refractivity contribution >= 4 is 5.91 Å². The summed E-state index contributed by atoms with van der Waals surface area (Å²) in [7, 11) is 2.07. The fourth-order valence-electron chi connectivity index (χ4n) is 2.31. The summed E-state index contributed by atoms with van der Waals surface area (Å²) >= 11 is 0. The summed E-state index contributed by atoms with van der Waals surface area (Å²) < 4.78 is 5.15. The zero-order valence-electron chi connectivity index (χ0n) is 11.0. The Labute approximate surface area is 108 Å². The van der Waals surface area contributed by atoms with Crippen LogP contribution in [0.4, 0.5) is 0 Å². The van der Waals surface area contributed by atoms with Crippen LogP contribution >= 0.6 is 0 Å². The van der Waals surface area contributed by atoms with E-state index in [-0.39, 0.29) is 5.91 Å². The van der Waals surface area contributed by atoms with Crippen molar-refractivity contribution in [3.05, 3.63) is 0 Å². The average molecular weight is 257 g/mol. The largest absolute Gasteiger partial charge is 0.386 e. The number of nitrogens with one attached hydrogen (secondary N) is 1. The topological polar surface area (TPSA) is 65.0 Å². The van der Waals surface area contributed by atoms with Gasteiger partial charge in [0.05, 0.1) is 13.2 Å². The Bertz CT molecular complexity index is 284. The number of hydrogen-bond donors (Lipinski definition) is 2. The molecule has 18 heavy (non-hydrogen) atoms. The maximum absolute atomic E-state index is 11.9. The van der Waals surface area contributed by atoms with E-state index in [1.54, 1.807) is 0 Å². The fourth-order valence-corrected chi connectivity index (χ4v) is 2.31. The van der Waals surface area contributed by atoms with Gasteiger partial charge in [-0.1, -0.05) is 0 Å². The lowest BCUT2D eigenvalue weighted by Gasteiger charge is -2.32. The molecule has 1 unspecified atom stereocenters. The molecule has 0 radical (unpaired) electrons. The molecule has 1 atom stereocenters. The molecule has 104 valence electrons. The first-order valence-corrected chi connectivity index (χ1v) is 6.56. The van der Waals surface area contributed by atoms with Crippen LogP contribution in [0.25, 0.3) is 0 Å². The third-order valence-electron chi connectivity index (χ3n) is 3.67. The molecule has 0 bridgehead atoms. The summed E-state index contributed by atoms with van der Waals surface area (Å²) in [4.78, 5) is 16.0. The highest BCUT2D eigenvalue weighted by molar-refractivity contribution is 5.78. The number of carbonyl (C=O) groups is 1. The van der Waals surface area contributed by atoms with E-state index < -0.39 is 5.60 Å². The van der Waals surface area contributed by atoms with Crippen molar-refractivity contribution in [2.75, 3.05) is 59.5 Å². The first-order valence-electron chi connectivity index (χ1n) is 6.56. The van der Waals surface area contributed by atoms with Gasteiger partial charge in [-0.2, -0.15) is 0 Å². The van der Waals surface area contributed by atoms with Gasteiger partial charge in [-0.15, -0.1) is 0 Å². The molecule has 0 aromatic carbocycles. The van der Waals surface area contributed by atoms with Crippen LogP contribution in [0, 0.1) is 0 Å². The second-order valence-corrected chi connectivity index (χ2v) is 5.31. The minimum atomic E-state index is -0.789. The summed E-state index contributed by atoms with van der Waals surface area (Å²) in [6.07, 6.45) is 0.642. The van der Waals surface area contributed by atoms with E-state index in [1.165, 1.54) is 0 Å². The van der Waals surface area contributed by atoms with Gasteiger partial charge in [0.1, 0.15) is 5.60 Å². The van der Waals surface area contributed by atoms with Crippen molar-refractivity contribution < 1.29 is 14.6 Å². The third kappa shape index (κ3) is 3.65. The molecule has 2 saturated heterocycles. The molecule has 2 heterocycles. The van der Waals surface area contributed by atoms with Crippen LogP contribution in [0.1, 0.15) is 6.42 Å². The molecule has 0 aliphatic carbocycles. The minimum absolute atomic E-state index is 0.116. The Kier molecular flexibility index (Phi) is 4.55. The summed E-state index contributed by atoms with van der Waals surface area (Å²) in [5.74, 6) is 0.116. The summed E-state index contributed by atoms with van der Waals surface area (Å²) in [5.41, 5.74) is -0.789. The molecular formula is C12H23N3O3. The van der Waals surface area contributed by atoms with Crippen molar-refractivity contribution in [2.24, 2.45) is 0 Å². The number of aliphatic hydroxyl groups is 1. The van der Waals surface area contributed by atoms with Gasteiger partial charge < -0.3 is 25.0 Å². The SMILES string of the molecule is CN1CCN(C(=O)CNCC2(O)CCOC2)CC1. The predicted octanol–water partition coefficient (Wildman–Crippen LogP) is -1.50. The van der Waals surface area contributed by atoms with E-state index in [2.05, 4.69) is 17.3 Å². The lowest BCUT2D eigenvalue weighted by atomic mass is 10.0. The second-order valence-electron chi connectivity index (χ2n) is 5.31. The van der Waals surface area contributed by atoms with Crippen LogP contribution < -0.4 is 5.32 Å². The van der Waals surface area contributed by atoms with E-state index in [9.17, 15) is 9.90 Å². The van der Waals surface area contributed by atoms with Crippen LogP contribution in [0.5, 0.6) is 0 Å². The van der Waals surface area contributed by atoms with Gasteiger partial charge >= 0.3 is 0 Å². The first-order chi connectivity index (χ1) is 8.59. The van der Waals surface area contributed by atoms with Gasteiger partial charge in [-0.05, 0) is 7.05 Å². The first kappa shape index (κ1) is 13.7. The minimum Gasteiger partial charge on any atom is -0.386 e. The van der Waals surface area contributed by atoms with Crippen LogP contribution in [-0.2, 0) is 9.53 Å². The van der Waals surface area contributed by atoms with Crippen LogP contribution in [0.2, 0.25) is 0 Å². The summed E-state index contributed by atoms with van der Waals surface area (Å²) in [6, 6.07) is 0. The highest BCUT2D eigenvalue weighted by atomic mass is 16.5. The van der Waals surface area contributed by atoms with Crippen LogP contribution in [0.15, 0.2) is 0 Å². The summed E-state index contributed by atoms with van der Waals surface area (Å²) in [5, 5.41) is 13.1. The molecule has 2 rings (SSSR count). The average Bonchev–Trinajstić information content (AvgIpc) is 2.77. The van der Waals surface area contributed by atoms with Gasteiger partial charge in [-0.25, -0.2) is 0 Å². The van der Waals surface area contributed by atoms with E-state index >= 15 is 0 Å². The van der Waals surface area contributed by atoms with Crippen molar-refractivity contribution in [2.45, 2.75) is 12.0 Å². The van der Waals surface area contributed by atoms with E-state index in [1.807, 2.05) is 4.90 Å². The number of piperazine rings is 1. The van der Waals surface area contributed by atoms with Gasteiger partial charge in [0.15, 0.2) is 0 Å². The normalized spacial score (nSPS) is 29.8. The number of ether oxygens (including phenoxy) is 1. The molecule has 0 aromatic rings. The number of rotatable bonds is 4. The number of likely N-dealkylation sites (N-methyl/N-ethyl adjacent to an activating group) is 1. The molecule has 2 aliphatic rings. The molecule has 0 spiro atoms. The van der Waals surface area contributed by atoms with E-state index in [0.717, 1.165) is 26.2 Å². The Morgan fingerprint density at radius 2 is 2.11 bits per heavy atom. The lowest BCUT2D eigenvalue weighted by molar-refractivity contribution is -0.131. The predicted molar refractivity (Wildman–Crippen MR) is 67.3 cm³/mol. The number of amides is 1.